The third-order valence-electron chi connectivity index (χ3n) is 3.18. The highest BCUT2D eigenvalue weighted by atomic mass is 16.5. The molecule has 0 aliphatic rings. The lowest BCUT2D eigenvalue weighted by Crippen LogP contribution is -2.32. The molecule has 5 nitrogen and oxygen atoms in total. The molecule has 0 saturated carbocycles. The summed E-state index contributed by atoms with van der Waals surface area (Å²) >= 11 is 0. The molecule has 2 aromatic carbocycles. The smallest absolute Gasteiger partial charge is 0.239 e. The fourth-order valence-corrected chi connectivity index (χ4v) is 1.95. The van der Waals surface area contributed by atoms with Crippen LogP contribution >= 0.6 is 0 Å². The molecular weight excluding hydrogens is 292 g/mol. The summed E-state index contributed by atoms with van der Waals surface area (Å²) in [5, 5.41) is 5.82. The third kappa shape index (κ3) is 6.40. The Hall–Kier alpha value is -2.53. The van der Waals surface area contributed by atoms with E-state index >= 15 is 0 Å². The van der Waals surface area contributed by atoms with Crippen molar-refractivity contribution >= 4 is 11.6 Å². The summed E-state index contributed by atoms with van der Waals surface area (Å²) in [6.07, 6.45) is 0. The first-order valence-corrected chi connectivity index (χ1v) is 7.54. The van der Waals surface area contributed by atoms with Crippen molar-refractivity contribution in [3.63, 3.8) is 0 Å². The van der Waals surface area contributed by atoms with E-state index in [1.54, 1.807) is 7.11 Å². The molecule has 2 aromatic rings. The molecule has 0 saturated heterocycles. The molecule has 0 aliphatic carbocycles. The van der Waals surface area contributed by atoms with Crippen molar-refractivity contribution in [2.45, 2.75) is 6.61 Å². The van der Waals surface area contributed by atoms with Crippen LogP contribution in [0.5, 0.6) is 5.75 Å². The van der Waals surface area contributed by atoms with Crippen LogP contribution in [-0.4, -0.2) is 32.7 Å². The van der Waals surface area contributed by atoms with Gasteiger partial charge in [-0.15, -0.1) is 0 Å². The molecule has 0 aliphatic heterocycles. The molecular formula is C18H22N2O3. The van der Waals surface area contributed by atoms with Crippen molar-refractivity contribution in [3.8, 4) is 5.75 Å². The quantitative estimate of drug-likeness (QED) is 0.698. The van der Waals surface area contributed by atoms with Crippen molar-refractivity contribution in [1.29, 1.82) is 0 Å². The second-order valence-corrected chi connectivity index (χ2v) is 4.99. The van der Waals surface area contributed by atoms with Crippen LogP contribution in [0.25, 0.3) is 0 Å². The van der Waals surface area contributed by atoms with Crippen molar-refractivity contribution in [1.82, 2.24) is 5.32 Å². The maximum absolute atomic E-state index is 11.6. The van der Waals surface area contributed by atoms with Crippen molar-refractivity contribution < 1.29 is 14.3 Å². The van der Waals surface area contributed by atoms with E-state index in [9.17, 15) is 4.79 Å². The zero-order valence-electron chi connectivity index (χ0n) is 13.2. The molecule has 0 heterocycles. The topological polar surface area (TPSA) is 59.6 Å². The van der Waals surface area contributed by atoms with E-state index in [-0.39, 0.29) is 12.5 Å². The maximum atomic E-state index is 11.6. The molecule has 5 heteroatoms. The molecule has 1 amide bonds. The summed E-state index contributed by atoms with van der Waals surface area (Å²) in [7, 11) is 1.60. The van der Waals surface area contributed by atoms with E-state index in [2.05, 4.69) is 10.6 Å². The molecule has 2 N–H and O–H groups in total. The molecule has 0 aromatic heterocycles. The van der Waals surface area contributed by atoms with Gasteiger partial charge in [0.15, 0.2) is 0 Å². The van der Waals surface area contributed by atoms with E-state index in [0.717, 1.165) is 17.0 Å². The Balaban J connectivity index is 1.72. The lowest BCUT2D eigenvalue weighted by molar-refractivity contribution is -0.119. The van der Waals surface area contributed by atoms with Crippen LogP contribution in [0.1, 0.15) is 5.56 Å². The Morgan fingerprint density at radius 1 is 1.04 bits per heavy atom. The average Bonchev–Trinajstić information content (AvgIpc) is 2.60. The predicted octanol–water partition coefficient (Wildman–Crippen LogP) is 2.44. The number of amides is 1. The highest BCUT2D eigenvalue weighted by Gasteiger charge is 2.01. The van der Waals surface area contributed by atoms with Gasteiger partial charge in [0.25, 0.3) is 0 Å². The number of carbonyl (C=O) groups excluding carboxylic acids is 1. The second kappa shape index (κ2) is 9.48. The minimum atomic E-state index is -0.0635. The van der Waals surface area contributed by atoms with Gasteiger partial charge in [-0.1, -0.05) is 30.3 Å². The Morgan fingerprint density at radius 2 is 1.78 bits per heavy atom. The zero-order chi connectivity index (χ0) is 16.3. The first kappa shape index (κ1) is 16.8. The lowest BCUT2D eigenvalue weighted by Gasteiger charge is -2.09. The van der Waals surface area contributed by atoms with E-state index in [0.29, 0.717) is 19.8 Å². The number of anilines is 1. The number of rotatable bonds is 9. The number of hydrogen-bond donors (Lipinski definition) is 2. The van der Waals surface area contributed by atoms with E-state index in [1.807, 2.05) is 54.6 Å². The minimum absolute atomic E-state index is 0.0635. The Morgan fingerprint density at radius 3 is 2.48 bits per heavy atom. The molecule has 0 spiro atoms. The summed E-state index contributed by atoms with van der Waals surface area (Å²) in [6, 6.07) is 17.6. The monoisotopic (exact) mass is 314 g/mol. The highest BCUT2D eigenvalue weighted by molar-refractivity contribution is 5.80. The fraction of sp³-hybridized carbons (Fsp3) is 0.278. The highest BCUT2D eigenvalue weighted by Crippen LogP contribution is 2.16. The first-order valence-electron chi connectivity index (χ1n) is 7.54. The van der Waals surface area contributed by atoms with Crippen LogP contribution in [-0.2, 0) is 16.1 Å². The third-order valence-corrected chi connectivity index (χ3v) is 3.18. The van der Waals surface area contributed by atoms with Crippen molar-refractivity contribution in [2.75, 3.05) is 32.1 Å². The molecule has 2 rings (SSSR count). The van der Waals surface area contributed by atoms with Gasteiger partial charge in [0, 0.05) is 19.3 Å². The summed E-state index contributed by atoms with van der Waals surface area (Å²) in [6.45, 7) is 1.80. The lowest BCUT2D eigenvalue weighted by atomic mass is 10.2. The largest absolute Gasteiger partial charge is 0.489 e. The molecule has 0 unspecified atom stereocenters. The maximum Gasteiger partial charge on any atom is 0.239 e. The van der Waals surface area contributed by atoms with Crippen molar-refractivity contribution in [3.05, 3.63) is 60.2 Å². The van der Waals surface area contributed by atoms with E-state index < -0.39 is 0 Å². The number of nitrogens with one attached hydrogen (secondary N) is 2. The summed E-state index contributed by atoms with van der Waals surface area (Å²) in [5.41, 5.74) is 2.00. The molecule has 0 atom stereocenters. The first-order chi connectivity index (χ1) is 11.3. The van der Waals surface area contributed by atoms with Crippen LogP contribution in [0, 0.1) is 0 Å². The summed E-state index contributed by atoms with van der Waals surface area (Å²) in [5.74, 6) is 0.732. The number of ether oxygens (including phenoxy) is 2. The van der Waals surface area contributed by atoms with Gasteiger partial charge >= 0.3 is 0 Å². The summed E-state index contributed by atoms with van der Waals surface area (Å²) in [4.78, 5) is 11.6. The number of benzene rings is 2. The van der Waals surface area contributed by atoms with Gasteiger partial charge in [-0.3, -0.25) is 4.79 Å². The average molecular weight is 314 g/mol. The predicted molar refractivity (Wildman–Crippen MR) is 90.6 cm³/mol. The van der Waals surface area contributed by atoms with Crippen molar-refractivity contribution in [2.24, 2.45) is 0 Å². The van der Waals surface area contributed by atoms with Crippen LogP contribution in [0.15, 0.2) is 54.6 Å². The Bertz CT molecular complexity index is 585. The Labute approximate surface area is 136 Å². The Kier molecular flexibility index (Phi) is 6.94. The van der Waals surface area contributed by atoms with Gasteiger partial charge < -0.3 is 20.1 Å². The van der Waals surface area contributed by atoms with Crippen LogP contribution in [0.4, 0.5) is 5.69 Å². The van der Waals surface area contributed by atoms with Gasteiger partial charge in [-0.25, -0.2) is 0 Å². The normalized spacial score (nSPS) is 10.1. The molecule has 0 fully saturated rings. The fourth-order valence-electron chi connectivity index (χ4n) is 1.95. The van der Waals surface area contributed by atoms with Gasteiger partial charge in [-0.05, 0) is 29.8 Å². The van der Waals surface area contributed by atoms with Gasteiger partial charge in [0.05, 0.1) is 13.2 Å². The number of methoxy groups -OCH3 is 1. The van der Waals surface area contributed by atoms with Gasteiger partial charge in [0.1, 0.15) is 12.4 Å². The van der Waals surface area contributed by atoms with Crippen LogP contribution in [0.3, 0.4) is 0 Å². The standard InChI is InChI=1S/C18H22N2O3/c1-22-12-11-19-18(21)13-20-16-7-9-17(10-8-16)23-14-15-5-3-2-4-6-15/h2-10,20H,11-14H2,1H3,(H,19,21). The molecule has 122 valence electrons. The molecule has 0 bridgehead atoms. The summed E-state index contributed by atoms with van der Waals surface area (Å²) < 4.78 is 10.6. The second-order valence-electron chi connectivity index (χ2n) is 4.99. The molecule has 23 heavy (non-hydrogen) atoms. The number of carbonyl (C=O) groups is 1. The number of hydrogen-bond acceptors (Lipinski definition) is 4. The van der Waals surface area contributed by atoms with Gasteiger partial charge in [-0.2, -0.15) is 0 Å². The SMILES string of the molecule is COCCNC(=O)CNc1ccc(OCc2ccccc2)cc1. The molecule has 0 radical (unpaired) electrons. The van der Waals surface area contributed by atoms with E-state index in [1.165, 1.54) is 0 Å². The van der Waals surface area contributed by atoms with Gasteiger partial charge in [0.2, 0.25) is 5.91 Å². The van der Waals surface area contributed by atoms with Crippen LogP contribution < -0.4 is 15.4 Å². The minimum Gasteiger partial charge on any atom is -0.489 e. The van der Waals surface area contributed by atoms with Crippen LogP contribution in [0.2, 0.25) is 0 Å². The van der Waals surface area contributed by atoms with E-state index in [4.69, 9.17) is 9.47 Å². The zero-order valence-corrected chi connectivity index (χ0v) is 13.2.